The summed E-state index contributed by atoms with van der Waals surface area (Å²) < 4.78 is 19.7. The second kappa shape index (κ2) is 8.54. The molecule has 1 fully saturated rings. The number of carbonyl (C=O) groups excluding carboxylic acids is 2. The quantitative estimate of drug-likeness (QED) is 0.531. The van der Waals surface area contributed by atoms with Crippen LogP contribution in [0.4, 0.5) is 14.9 Å². The number of benzene rings is 3. The van der Waals surface area contributed by atoms with Crippen LogP contribution < -0.4 is 5.32 Å². The zero-order chi connectivity index (χ0) is 24.7. The molecule has 1 saturated carbocycles. The van der Waals surface area contributed by atoms with Gasteiger partial charge in [-0.1, -0.05) is 48.5 Å². The van der Waals surface area contributed by atoms with Gasteiger partial charge in [-0.3, -0.25) is 10.1 Å². The predicted molar refractivity (Wildman–Crippen MR) is 127 cm³/mol. The molecule has 0 heterocycles. The molecule has 35 heavy (non-hydrogen) atoms. The van der Waals surface area contributed by atoms with Crippen molar-refractivity contribution >= 4 is 23.7 Å². The van der Waals surface area contributed by atoms with Crippen molar-refractivity contribution in [2.24, 2.45) is 0 Å². The number of anilines is 1. The van der Waals surface area contributed by atoms with E-state index >= 15 is 0 Å². The van der Waals surface area contributed by atoms with E-state index in [1.807, 2.05) is 48.5 Å². The van der Waals surface area contributed by atoms with E-state index in [1.54, 1.807) is 0 Å². The molecule has 3 aromatic rings. The number of aliphatic carboxylic acids is 1. The Morgan fingerprint density at radius 2 is 1.63 bits per heavy atom. The van der Waals surface area contributed by atoms with Crippen molar-refractivity contribution in [2.45, 2.75) is 24.3 Å². The summed E-state index contributed by atoms with van der Waals surface area (Å²) in [7, 11) is 1.38. The van der Waals surface area contributed by atoms with Crippen LogP contribution >= 0.6 is 0 Å². The average molecular weight is 474 g/mol. The van der Waals surface area contributed by atoms with E-state index < -0.39 is 29.3 Å². The molecule has 0 radical (unpaired) electrons. The first-order valence-electron chi connectivity index (χ1n) is 11.2. The fraction of sp³-hybridized carbons (Fsp3) is 0.222. The van der Waals surface area contributed by atoms with Crippen molar-refractivity contribution in [1.29, 1.82) is 0 Å². The van der Waals surface area contributed by atoms with Crippen LogP contribution in [0.5, 0.6) is 0 Å². The summed E-state index contributed by atoms with van der Waals surface area (Å²) in [6, 6.07) is 19.3. The Bertz CT molecular complexity index is 1310. The third-order valence-corrected chi connectivity index (χ3v) is 6.80. The van der Waals surface area contributed by atoms with Gasteiger partial charge in [0.05, 0.1) is 0 Å². The molecule has 0 atom stereocenters. The molecule has 0 unspecified atom stereocenters. The maximum Gasteiger partial charge on any atom is 0.411 e. The first-order valence-corrected chi connectivity index (χ1v) is 11.2. The molecule has 178 valence electrons. The maximum atomic E-state index is 14.3. The molecular formula is C27H23FN2O5. The van der Waals surface area contributed by atoms with Crippen LogP contribution in [0.2, 0.25) is 0 Å². The van der Waals surface area contributed by atoms with Crippen molar-refractivity contribution in [3.8, 4) is 11.1 Å². The number of likely N-dealkylation sites (N-methyl/N-ethyl adjacent to an activating group) is 1. The lowest BCUT2D eigenvalue weighted by molar-refractivity contribution is -0.143. The van der Waals surface area contributed by atoms with Gasteiger partial charge in [-0.05, 0) is 53.3 Å². The Hall–Kier alpha value is -4.20. The first-order chi connectivity index (χ1) is 16.8. The van der Waals surface area contributed by atoms with Gasteiger partial charge in [0.25, 0.3) is 5.91 Å². The normalized spacial score (nSPS) is 15.0. The summed E-state index contributed by atoms with van der Waals surface area (Å²) in [5.41, 5.74) is 3.05. The minimum Gasteiger partial charge on any atom is -0.479 e. The highest BCUT2D eigenvalue weighted by Crippen LogP contribution is 2.44. The van der Waals surface area contributed by atoms with Crippen LogP contribution in [0.25, 0.3) is 11.1 Å². The molecule has 5 rings (SSSR count). The number of carbonyl (C=O) groups is 3. The van der Waals surface area contributed by atoms with Gasteiger partial charge < -0.3 is 14.7 Å². The van der Waals surface area contributed by atoms with Crippen molar-refractivity contribution in [3.05, 3.63) is 89.2 Å². The number of halogens is 1. The third-order valence-electron chi connectivity index (χ3n) is 6.80. The Labute approximate surface area is 201 Å². The number of carboxylic acids is 1. The summed E-state index contributed by atoms with van der Waals surface area (Å²) in [4.78, 5) is 38.0. The van der Waals surface area contributed by atoms with Gasteiger partial charge in [0.15, 0.2) is 0 Å². The fourth-order valence-corrected chi connectivity index (χ4v) is 4.74. The maximum absolute atomic E-state index is 14.3. The van der Waals surface area contributed by atoms with E-state index in [4.69, 9.17) is 4.74 Å². The lowest BCUT2D eigenvalue weighted by Crippen LogP contribution is -2.44. The first kappa shape index (κ1) is 22.6. The molecule has 0 bridgehead atoms. The van der Waals surface area contributed by atoms with E-state index in [-0.39, 0.29) is 23.8 Å². The fourth-order valence-electron chi connectivity index (χ4n) is 4.74. The lowest BCUT2D eigenvalue weighted by Gasteiger charge is -2.24. The highest BCUT2D eigenvalue weighted by Gasteiger charge is 2.55. The average Bonchev–Trinajstić information content (AvgIpc) is 3.60. The molecule has 0 aliphatic heterocycles. The van der Waals surface area contributed by atoms with Gasteiger partial charge in [0, 0.05) is 24.2 Å². The zero-order valence-corrected chi connectivity index (χ0v) is 19.0. The van der Waals surface area contributed by atoms with Gasteiger partial charge in [-0.15, -0.1) is 0 Å². The molecule has 0 aromatic heterocycles. The van der Waals surface area contributed by atoms with Crippen LogP contribution in [0.3, 0.4) is 0 Å². The van der Waals surface area contributed by atoms with E-state index in [0.717, 1.165) is 39.3 Å². The van der Waals surface area contributed by atoms with Crippen LogP contribution in [0.1, 0.15) is 40.2 Å². The number of nitrogens with zero attached hydrogens (tertiary/aromatic N) is 1. The molecule has 2 amide bonds. The molecule has 0 spiro atoms. The number of carboxylic acid groups (broad SMARTS) is 1. The molecule has 2 aliphatic carbocycles. The minimum absolute atomic E-state index is 0.0409. The Morgan fingerprint density at radius 1 is 1.03 bits per heavy atom. The third kappa shape index (κ3) is 4.01. The van der Waals surface area contributed by atoms with Crippen molar-refractivity contribution < 1.29 is 28.6 Å². The summed E-state index contributed by atoms with van der Waals surface area (Å²) in [5.74, 6) is -2.60. The zero-order valence-electron chi connectivity index (χ0n) is 19.0. The number of ether oxygens (including phenoxy) is 1. The van der Waals surface area contributed by atoms with Crippen LogP contribution in [0, 0.1) is 5.82 Å². The Balaban J connectivity index is 1.29. The summed E-state index contributed by atoms with van der Waals surface area (Å²) in [5, 5.41) is 11.9. The second-order valence-electron chi connectivity index (χ2n) is 8.88. The monoisotopic (exact) mass is 474 g/mol. The minimum atomic E-state index is -1.26. The predicted octanol–water partition coefficient (Wildman–Crippen LogP) is 4.88. The largest absolute Gasteiger partial charge is 0.479 e. The van der Waals surface area contributed by atoms with E-state index in [9.17, 15) is 23.9 Å². The van der Waals surface area contributed by atoms with Gasteiger partial charge in [0.1, 0.15) is 18.0 Å². The topological polar surface area (TPSA) is 95.9 Å². The standard InChI is InChI=1S/C27H23FN2O5/c1-30(27(10-11-27)25(32)33)24(31)16-12-17(28)14-18(13-16)29-26(34)35-15-23-21-8-4-2-6-19(21)20-7-3-5-9-22(20)23/h2-9,12-14,23H,10-11,15H2,1H3,(H,29,34)(H,32,33). The SMILES string of the molecule is CN(C(=O)c1cc(F)cc(NC(=O)OCC2c3ccccc3-c3ccccc32)c1)C1(C(=O)O)CC1. The number of nitrogens with one attached hydrogen (secondary N) is 1. The number of hydrogen-bond acceptors (Lipinski definition) is 4. The number of amides is 2. The smallest absolute Gasteiger partial charge is 0.411 e. The summed E-state index contributed by atoms with van der Waals surface area (Å²) >= 11 is 0. The van der Waals surface area contributed by atoms with Crippen molar-refractivity contribution in [1.82, 2.24) is 4.90 Å². The molecule has 7 nitrogen and oxygen atoms in total. The number of rotatable bonds is 6. The lowest BCUT2D eigenvalue weighted by atomic mass is 9.98. The highest BCUT2D eigenvalue weighted by molar-refractivity contribution is 6.00. The Morgan fingerprint density at radius 3 is 2.20 bits per heavy atom. The molecule has 8 heteroatoms. The molecule has 2 N–H and O–H groups in total. The van der Waals surface area contributed by atoms with Crippen LogP contribution in [-0.4, -0.2) is 47.2 Å². The second-order valence-corrected chi connectivity index (χ2v) is 8.88. The van der Waals surface area contributed by atoms with Crippen molar-refractivity contribution in [2.75, 3.05) is 19.0 Å². The number of fused-ring (bicyclic) bond motifs is 3. The highest BCUT2D eigenvalue weighted by atomic mass is 19.1. The Kier molecular flexibility index (Phi) is 5.51. The van der Waals surface area contributed by atoms with E-state index in [1.165, 1.54) is 13.1 Å². The van der Waals surface area contributed by atoms with E-state index in [0.29, 0.717) is 12.8 Å². The molecule has 2 aliphatic rings. The van der Waals surface area contributed by atoms with Crippen LogP contribution in [-0.2, 0) is 9.53 Å². The van der Waals surface area contributed by atoms with Gasteiger partial charge >= 0.3 is 12.1 Å². The molecule has 0 saturated heterocycles. The molecule has 3 aromatic carbocycles. The van der Waals surface area contributed by atoms with Crippen LogP contribution in [0.15, 0.2) is 66.7 Å². The summed E-state index contributed by atoms with van der Waals surface area (Å²) in [6.07, 6.45) is -0.108. The van der Waals surface area contributed by atoms with Crippen molar-refractivity contribution in [3.63, 3.8) is 0 Å². The van der Waals surface area contributed by atoms with Gasteiger partial charge in [0.2, 0.25) is 0 Å². The molecular weight excluding hydrogens is 451 g/mol. The van der Waals surface area contributed by atoms with Gasteiger partial charge in [-0.2, -0.15) is 0 Å². The van der Waals surface area contributed by atoms with E-state index in [2.05, 4.69) is 5.32 Å². The summed E-state index contributed by atoms with van der Waals surface area (Å²) in [6.45, 7) is 0.0881. The van der Waals surface area contributed by atoms with Gasteiger partial charge in [-0.25, -0.2) is 14.0 Å². The number of hydrogen-bond donors (Lipinski definition) is 2.